The molecule has 0 aliphatic carbocycles. The first-order chi connectivity index (χ1) is 12.7. The Kier molecular flexibility index (Phi) is 4.36. The normalized spacial score (nSPS) is 15.4. The summed E-state index contributed by atoms with van der Waals surface area (Å²) in [7, 11) is 2.03. The van der Waals surface area contributed by atoms with E-state index in [9.17, 15) is 4.79 Å². The van der Waals surface area contributed by atoms with Gasteiger partial charge in [-0.05, 0) is 31.5 Å². The predicted octanol–water partition coefficient (Wildman–Crippen LogP) is 1.90. The molecular weight excluding hydrogens is 332 g/mol. The van der Waals surface area contributed by atoms with Crippen LogP contribution in [0.25, 0.3) is 0 Å². The molecule has 2 aromatic rings. The molecule has 1 amide bonds. The molecule has 0 bridgehead atoms. The van der Waals surface area contributed by atoms with Crippen molar-refractivity contribution in [3.63, 3.8) is 0 Å². The van der Waals surface area contributed by atoms with Crippen LogP contribution in [0.4, 0.5) is 5.82 Å². The van der Waals surface area contributed by atoms with Gasteiger partial charge in [-0.25, -0.2) is 9.97 Å². The number of rotatable bonds is 3. The number of carbonyl (C=O) groups is 1. The van der Waals surface area contributed by atoms with Crippen molar-refractivity contribution in [2.75, 3.05) is 38.4 Å². The third-order valence-corrected chi connectivity index (χ3v) is 5.00. The largest absolute Gasteiger partial charge is 0.454 e. The minimum atomic E-state index is 0.00876. The lowest BCUT2D eigenvalue weighted by Crippen LogP contribution is -2.33. The Morgan fingerprint density at radius 3 is 2.85 bits per heavy atom. The number of benzene rings is 1. The zero-order valence-corrected chi connectivity index (χ0v) is 15.1. The van der Waals surface area contributed by atoms with E-state index in [2.05, 4.69) is 21.8 Å². The van der Waals surface area contributed by atoms with Crippen LogP contribution in [0.5, 0.6) is 11.5 Å². The van der Waals surface area contributed by atoms with Crippen LogP contribution in [0.3, 0.4) is 0 Å². The summed E-state index contributed by atoms with van der Waals surface area (Å²) >= 11 is 0. The van der Waals surface area contributed by atoms with Gasteiger partial charge in [-0.2, -0.15) is 0 Å². The van der Waals surface area contributed by atoms with Gasteiger partial charge in [-0.15, -0.1) is 0 Å². The lowest BCUT2D eigenvalue weighted by atomic mass is 10.1. The van der Waals surface area contributed by atoms with Gasteiger partial charge in [-0.3, -0.25) is 4.79 Å². The van der Waals surface area contributed by atoms with Crippen molar-refractivity contribution in [1.82, 2.24) is 14.9 Å². The molecule has 136 valence electrons. The Morgan fingerprint density at radius 2 is 2.00 bits per heavy atom. The zero-order valence-electron chi connectivity index (χ0n) is 15.1. The second-order valence-electron chi connectivity index (χ2n) is 6.50. The van der Waals surface area contributed by atoms with Gasteiger partial charge in [0.2, 0.25) is 6.79 Å². The maximum atomic E-state index is 13.0. The molecule has 26 heavy (non-hydrogen) atoms. The van der Waals surface area contributed by atoms with Gasteiger partial charge < -0.3 is 19.3 Å². The van der Waals surface area contributed by atoms with Crippen molar-refractivity contribution in [3.05, 3.63) is 41.3 Å². The van der Waals surface area contributed by atoms with Gasteiger partial charge in [0.15, 0.2) is 11.5 Å². The second kappa shape index (κ2) is 6.82. The molecule has 0 spiro atoms. The predicted molar refractivity (Wildman–Crippen MR) is 96.9 cm³/mol. The van der Waals surface area contributed by atoms with Crippen LogP contribution >= 0.6 is 0 Å². The van der Waals surface area contributed by atoms with E-state index in [1.165, 1.54) is 0 Å². The average Bonchev–Trinajstić information content (AvgIpc) is 3.04. The van der Waals surface area contributed by atoms with Crippen LogP contribution in [0, 0.1) is 0 Å². The van der Waals surface area contributed by atoms with Crippen molar-refractivity contribution in [3.8, 4) is 11.5 Å². The summed E-state index contributed by atoms with van der Waals surface area (Å²) < 4.78 is 10.7. The first-order valence-electron chi connectivity index (χ1n) is 8.90. The molecular formula is C19H22N4O3. The van der Waals surface area contributed by atoms with Crippen LogP contribution in [0.15, 0.2) is 24.5 Å². The Hall–Kier alpha value is -2.83. The Bertz CT molecular complexity index is 840. The van der Waals surface area contributed by atoms with Gasteiger partial charge in [0, 0.05) is 44.2 Å². The lowest BCUT2D eigenvalue weighted by molar-refractivity contribution is 0.0762. The van der Waals surface area contributed by atoms with Crippen molar-refractivity contribution in [2.24, 2.45) is 0 Å². The molecule has 0 atom stereocenters. The van der Waals surface area contributed by atoms with Crippen molar-refractivity contribution >= 4 is 11.7 Å². The molecule has 0 fully saturated rings. The third-order valence-electron chi connectivity index (χ3n) is 5.00. The summed E-state index contributed by atoms with van der Waals surface area (Å²) in [6, 6.07) is 5.35. The van der Waals surface area contributed by atoms with Gasteiger partial charge in [0.25, 0.3) is 5.91 Å². The SMILES string of the molecule is CCN(C)c1ncnc2c1CCN(C(=O)c1ccc3c(c1)OCO3)CC2. The molecule has 1 aromatic carbocycles. The highest BCUT2D eigenvalue weighted by Crippen LogP contribution is 2.33. The summed E-state index contributed by atoms with van der Waals surface area (Å²) in [5.74, 6) is 2.29. The number of carbonyl (C=O) groups excluding carboxylic acids is 1. The Balaban J connectivity index is 1.55. The molecule has 2 aliphatic rings. The van der Waals surface area contributed by atoms with Gasteiger partial charge >= 0.3 is 0 Å². The summed E-state index contributed by atoms with van der Waals surface area (Å²) in [6.45, 7) is 4.48. The number of hydrogen-bond donors (Lipinski definition) is 0. The highest BCUT2D eigenvalue weighted by molar-refractivity contribution is 5.95. The molecule has 0 radical (unpaired) electrons. The molecule has 0 unspecified atom stereocenters. The highest BCUT2D eigenvalue weighted by atomic mass is 16.7. The van der Waals surface area contributed by atoms with E-state index in [4.69, 9.17) is 9.47 Å². The number of anilines is 1. The van der Waals surface area contributed by atoms with E-state index in [0.717, 1.165) is 36.5 Å². The number of amides is 1. The van der Waals surface area contributed by atoms with Crippen LogP contribution in [-0.2, 0) is 12.8 Å². The maximum Gasteiger partial charge on any atom is 0.254 e. The molecule has 3 heterocycles. The fraction of sp³-hybridized carbons (Fsp3) is 0.421. The van der Waals surface area contributed by atoms with E-state index in [-0.39, 0.29) is 12.7 Å². The van der Waals surface area contributed by atoms with E-state index >= 15 is 0 Å². The van der Waals surface area contributed by atoms with Gasteiger partial charge in [0.05, 0.1) is 5.69 Å². The Labute approximate surface area is 152 Å². The average molecular weight is 354 g/mol. The fourth-order valence-electron chi connectivity index (χ4n) is 3.40. The van der Waals surface area contributed by atoms with E-state index < -0.39 is 0 Å². The van der Waals surface area contributed by atoms with E-state index in [1.807, 2.05) is 11.9 Å². The number of aromatic nitrogens is 2. The second-order valence-corrected chi connectivity index (χ2v) is 6.50. The van der Waals surface area contributed by atoms with Crippen molar-refractivity contribution in [2.45, 2.75) is 19.8 Å². The molecule has 0 N–H and O–H groups in total. The van der Waals surface area contributed by atoms with Gasteiger partial charge in [0.1, 0.15) is 12.1 Å². The van der Waals surface area contributed by atoms with E-state index in [1.54, 1.807) is 24.5 Å². The molecule has 2 aliphatic heterocycles. The fourth-order valence-corrected chi connectivity index (χ4v) is 3.40. The van der Waals surface area contributed by atoms with Crippen LogP contribution < -0.4 is 14.4 Å². The monoisotopic (exact) mass is 354 g/mol. The summed E-state index contributed by atoms with van der Waals surface area (Å²) in [6.07, 6.45) is 3.11. The zero-order chi connectivity index (χ0) is 18.1. The third kappa shape index (κ3) is 2.94. The molecule has 7 nitrogen and oxygen atoms in total. The molecule has 7 heteroatoms. The Morgan fingerprint density at radius 1 is 1.19 bits per heavy atom. The topological polar surface area (TPSA) is 67.8 Å². The number of fused-ring (bicyclic) bond motifs is 2. The van der Waals surface area contributed by atoms with Crippen LogP contribution in [-0.4, -0.2) is 54.2 Å². The standard InChI is InChI=1S/C19H22N4O3/c1-3-22(2)18-14-6-8-23(9-7-15(14)20-11-21-18)19(24)13-4-5-16-17(10-13)26-12-25-16/h4-5,10-11H,3,6-9,12H2,1-2H3. The molecule has 1 aromatic heterocycles. The summed E-state index contributed by atoms with van der Waals surface area (Å²) in [4.78, 5) is 25.9. The summed E-state index contributed by atoms with van der Waals surface area (Å²) in [5.41, 5.74) is 2.81. The van der Waals surface area contributed by atoms with Crippen molar-refractivity contribution < 1.29 is 14.3 Å². The smallest absolute Gasteiger partial charge is 0.254 e. The lowest BCUT2D eigenvalue weighted by Gasteiger charge is -2.21. The minimum absolute atomic E-state index is 0.00876. The number of nitrogens with zero attached hydrogens (tertiary/aromatic N) is 4. The maximum absolute atomic E-state index is 13.0. The van der Waals surface area contributed by atoms with Crippen LogP contribution in [0.1, 0.15) is 28.5 Å². The first kappa shape index (κ1) is 16.6. The van der Waals surface area contributed by atoms with Crippen molar-refractivity contribution in [1.29, 1.82) is 0 Å². The quantitative estimate of drug-likeness (QED) is 0.839. The molecule has 4 rings (SSSR count). The van der Waals surface area contributed by atoms with Gasteiger partial charge in [-0.1, -0.05) is 0 Å². The molecule has 0 saturated carbocycles. The first-order valence-corrected chi connectivity index (χ1v) is 8.90. The number of ether oxygens (including phenoxy) is 2. The minimum Gasteiger partial charge on any atom is -0.454 e. The summed E-state index contributed by atoms with van der Waals surface area (Å²) in [5, 5.41) is 0. The number of hydrogen-bond acceptors (Lipinski definition) is 6. The van der Waals surface area contributed by atoms with E-state index in [0.29, 0.717) is 30.2 Å². The molecule has 0 saturated heterocycles. The highest BCUT2D eigenvalue weighted by Gasteiger charge is 2.24. The van der Waals surface area contributed by atoms with Crippen LogP contribution in [0.2, 0.25) is 0 Å².